The number of amides is 1. The van der Waals surface area contributed by atoms with Gasteiger partial charge in [0.1, 0.15) is 0 Å². The minimum atomic E-state index is 0. The summed E-state index contributed by atoms with van der Waals surface area (Å²) in [6, 6.07) is 0.348. The Morgan fingerprint density at radius 2 is 2.12 bits per heavy atom. The average molecular weight is 263 g/mol. The van der Waals surface area contributed by atoms with Crippen molar-refractivity contribution in [2.24, 2.45) is 5.92 Å². The first-order valence-electron chi connectivity index (χ1n) is 6.35. The molecule has 0 aromatic heterocycles. The van der Waals surface area contributed by atoms with E-state index < -0.39 is 0 Å². The molecule has 100 valence electrons. The molecule has 0 aromatic rings. The van der Waals surface area contributed by atoms with Crippen molar-refractivity contribution in [2.75, 3.05) is 32.8 Å². The molecule has 2 rings (SSSR count). The molecule has 1 N–H and O–H groups in total. The second-order valence-corrected chi connectivity index (χ2v) is 4.90. The molecule has 2 aliphatic heterocycles. The van der Waals surface area contributed by atoms with Gasteiger partial charge in [-0.05, 0) is 25.7 Å². The van der Waals surface area contributed by atoms with E-state index in [2.05, 4.69) is 12.2 Å². The van der Waals surface area contributed by atoms with E-state index in [0.717, 1.165) is 45.7 Å². The number of nitrogens with zero attached hydrogens (tertiary/aromatic N) is 1. The van der Waals surface area contributed by atoms with Crippen molar-refractivity contribution in [3.8, 4) is 0 Å². The molecule has 5 heteroatoms. The van der Waals surface area contributed by atoms with Crippen LogP contribution >= 0.6 is 12.4 Å². The summed E-state index contributed by atoms with van der Waals surface area (Å²) in [5, 5.41) is 3.31. The van der Waals surface area contributed by atoms with Crippen LogP contribution in [0, 0.1) is 5.92 Å². The van der Waals surface area contributed by atoms with Crippen molar-refractivity contribution < 1.29 is 9.53 Å². The minimum absolute atomic E-state index is 0. The van der Waals surface area contributed by atoms with E-state index in [1.165, 1.54) is 0 Å². The van der Waals surface area contributed by atoms with E-state index in [-0.39, 0.29) is 12.4 Å². The van der Waals surface area contributed by atoms with Crippen LogP contribution in [0.3, 0.4) is 0 Å². The summed E-state index contributed by atoms with van der Waals surface area (Å²) < 4.78 is 5.31. The highest BCUT2D eigenvalue weighted by atomic mass is 35.5. The van der Waals surface area contributed by atoms with Gasteiger partial charge in [0.05, 0.1) is 0 Å². The van der Waals surface area contributed by atoms with E-state index in [1.807, 2.05) is 4.90 Å². The van der Waals surface area contributed by atoms with Crippen molar-refractivity contribution in [3.63, 3.8) is 0 Å². The highest BCUT2D eigenvalue weighted by molar-refractivity contribution is 5.85. The van der Waals surface area contributed by atoms with E-state index in [1.54, 1.807) is 0 Å². The third-order valence-electron chi connectivity index (χ3n) is 3.63. The summed E-state index contributed by atoms with van der Waals surface area (Å²) in [5.41, 5.74) is 0. The van der Waals surface area contributed by atoms with Crippen LogP contribution in [0.5, 0.6) is 0 Å². The summed E-state index contributed by atoms with van der Waals surface area (Å²) in [4.78, 5) is 14.2. The molecular weight excluding hydrogens is 240 g/mol. The summed E-state index contributed by atoms with van der Waals surface area (Å²) in [6.45, 7) is 6.50. The number of piperazine rings is 1. The van der Waals surface area contributed by atoms with Gasteiger partial charge in [0.25, 0.3) is 0 Å². The molecule has 0 aromatic carbocycles. The fourth-order valence-corrected chi connectivity index (χ4v) is 2.53. The number of ether oxygens (including phenoxy) is 1. The van der Waals surface area contributed by atoms with Gasteiger partial charge in [0.2, 0.25) is 5.91 Å². The topological polar surface area (TPSA) is 41.6 Å². The Morgan fingerprint density at radius 1 is 1.41 bits per heavy atom. The first kappa shape index (κ1) is 14.7. The lowest BCUT2D eigenvalue weighted by molar-refractivity contribution is -0.135. The van der Waals surface area contributed by atoms with Crippen LogP contribution in [-0.2, 0) is 9.53 Å². The van der Waals surface area contributed by atoms with Crippen molar-refractivity contribution in [3.05, 3.63) is 0 Å². The number of nitrogens with one attached hydrogen (secondary N) is 1. The van der Waals surface area contributed by atoms with Crippen molar-refractivity contribution in [1.29, 1.82) is 0 Å². The summed E-state index contributed by atoms with van der Waals surface area (Å²) in [5.74, 6) is 0.879. The second-order valence-electron chi connectivity index (χ2n) is 4.90. The van der Waals surface area contributed by atoms with Gasteiger partial charge in [-0.25, -0.2) is 0 Å². The SMILES string of the molecule is C[C@H]1CNCCN1C(=O)CC1CCOCC1.Cl. The molecule has 0 saturated carbocycles. The van der Waals surface area contributed by atoms with E-state index in [4.69, 9.17) is 4.74 Å². The quantitative estimate of drug-likeness (QED) is 0.809. The normalized spacial score (nSPS) is 26.4. The molecule has 2 saturated heterocycles. The zero-order valence-corrected chi connectivity index (χ0v) is 11.3. The standard InChI is InChI=1S/C12H22N2O2.ClH/c1-10-9-13-4-5-14(10)12(15)8-11-2-6-16-7-3-11;/h10-11,13H,2-9H2,1H3;1H/t10-;/m0./s1. The minimum Gasteiger partial charge on any atom is -0.381 e. The Bertz CT molecular complexity index is 245. The molecule has 1 amide bonds. The predicted octanol–water partition coefficient (Wildman–Crippen LogP) is 1.05. The fraction of sp³-hybridized carbons (Fsp3) is 0.917. The zero-order valence-electron chi connectivity index (χ0n) is 10.5. The van der Waals surface area contributed by atoms with Crippen molar-refractivity contribution >= 4 is 18.3 Å². The Balaban J connectivity index is 0.00000144. The number of carbonyl (C=O) groups excluding carboxylic acids is 1. The van der Waals surface area contributed by atoms with Gasteiger partial charge in [-0.15, -0.1) is 12.4 Å². The lowest BCUT2D eigenvalue weighted by atomic mass is 9.95. The van der Waals surface area contributed by atoms with Crippen LogP contribution in [0.15, 0.2) is 0 Å². The first-order chi connectivity index (χ1) is 7.77. The van der Waals surface area contributed by atoms with Gasteiger partial charge in [-0.2, -0.15) is 0 Å². The molecule has 0 aliphatic carbocycles. The van der Waals surface area contributed by atoms with Crippen LogP contribution < -0.4 is 5.32 Å². The third-order valence-corrected chi connectivity index (χ3v) is 3.63. The van der Waals surface area contributed by atoms with Crippen LogP contribution in [-0.4, -0.2) is 49.7 Å². The largest absolute Gasteiger partial charge is 0.381 e. The van der Waals surface area contributed by atoms with Gasteiger partial charge < -0.3 is 15.0 Å². The van der Waals surface area contributed by atoms with Gasteiger partial charge in [0, 0.05) is 45.3 Å². The van der Waals surface area contributed by atoms with Gasteiger partial charge >= 0.3 is 0 Å². The predicted molar refractivity (Wildman–Crippen MR) is 69.5 cm³/mol. The van der Waals surface area contributed by atoms with Crippen LogP contribution in [0.2, 0.25) is 0 Å². The molecule has 0 bridgehead atoms. The molecule has 2 aliphatic rings. The number of halogens is 1. The molecule has 2 fully saturated rings. The third kappa shape index (κ3) is 4.12. The van der Waals surface area contributed by atoms with Gasteiger partial charge in [0.15, 0.2) is 0 Å². The molecule has 1 atom stereocenters. The summed E-state index contributed by atoms with van der Waals surface area (Å²) >= 11 is 0. The fourth-order valence-electron chi connectivity index (χ4n) is 2.53. The highest BCUT2D eigenvalue weighted by Crippen LogP contribution is 2.20. The molecule has 0 radical (unpaired) electrons. The lowest BCUT2D eigenvalue weighted by Gasteiger charge is -2.35. The number of hydrogen-bond acceptors (Lipinski definition) is 3. The summed E-state index contributed by atoms with van der Waals surface area (Å²) in [6.07, 6.45) is 2.81. The van der Waals surface area contributed by atoms with Crippen molar-refractivity contribution in [2.45, 2.75) is 32.2 Å². The van der Waals surface area contributed by atoms with E-state index in [0.29, 0.717) is 24.3 Å². The molecule has 0 unspecified atom stereocenters. The van der Waals surface area contributed by atoms with E-state index >= 15 is 0 Å². The number of rotatable bonds is 2. The monoisotopic (exact) mass is 262 g/mol. The molecule has 4 nitrogen and oxygen atoms in total. The number of hydrogen-bond donors (Lipinski definition) is 1. The maximum Gasteiger partial charge on any atom is 0.223 e. The Kier molecular flexibility index (Phi) is 6.23. The number of carbonyl (C=O) groups is 1. The van der Waals surface area contributed by atoms with Crippen LogP contribution in [0.4, 0.5) is 0 Å². The van der Waals surface area contributed by atoms with Crippen molar-refractivity contribution in [1.82, 2.24) is 10.2 Å². The van der Waals surface area contributed by atoms with Crippen LogP contribution in [0.25, 0.3) is 0 Å². The Hall–Kier alpha value is -0.320. The Labute approximate surface area is 109 Å². The van der Waals surface area contributed by atoms with Crippen LogP contribution in [0.1, 0.15) is 26.2 Å². The first-order valence-corrected chi connectivity index (χ1v) is 6.35. The van der Waals surface area contributed by atoms with E-state index in [9.17, 15) is 4.79 Å². The summed E-state index contributed by atoms with van der Waals surface area (Å²) in [7, 11) is 0. The maximum atomic E-state index is 12.1. The second kappa shape index (κ2) is 7.19. The Morgan fingerprint density at radius 3 is 2.76 bits per heavy atom. The van der Waals surface area contributed by atoms with Gasteiger partial charge in [-0.3, -0.25) is 4.79 Å². The van der Waals surface area contributed by atoms with Gasteiger partial charge in [-0.1, -0.05) is 0 Å². The average Bonchev–Trinajstić information content (AvgIpc) is 2.31. The molecule has 2 heterocycles. The molecule has 17 heavy (non-hydrogen) atoms. The zero-order chi connectivity index (χ0) is 11.4. The molecular formula is C12H23ClN2O2. The highest BCUT2D eigenvalue weighted by Gasteiger charge is 2.25. The maximum absolute atomic E-state index is 12.1. The lowest BCUT2D eigenvalue weighted by Crippen LogP contribution is -2.52. The molecule has 0 spiro atoms. The smallest absolute Gasteiger partial charge is 0.223 e.